The van der Waals surface area contributed by atoms with Gasteiger partial charge in [0.2, 0.25) is 0 Å². The van der Waals surface area contributed by atoms with Gasteiger partial charge in [-0.1, -0.05) is 11.6 Å². The Morgan fingerprint density at radius 1 is 1.42 bits per heavy atom. The highest BCUT2D eigenvalue weighted by molar-refractivity contribution is 7.07. The molecule has 1 aromatic heterocycles. The molecule has 0 amide bonds. The van der Waals surface area contributed by atoms with Gasteiger partial charge in [-0.25, -0.2) is 4.98 Å². The molecule has 0 aliphatic carbocycles. The van der Waals surface area contributed by atoms with Crippen molar-refractivity contribution >= 4 is 29.2 Å². The van der Waals surface area contributed by atoms with Crippen molar-refractivity contribution in [2.45, 2.75) is 13.5 Å². The number of halogens is 1. The van der Waals surface area contributed by atoms with Crippen LogP contribution in [0.3, 0.4) is 0 Å². The maximum Gasteiger partial charge on any atom is 0.180 e. The largest absolute Gasteiger partial charge is 0.490 e. The van der Waals surface area contributed by atoms with Crippen molar-refractivity contribution in [3.05, 3.63) is 39.3 Å². The fourth-order valence-corrected chi connectivity index (χ4v) is 2.33. The molecule has 0 spiro atoms. The standard InChI is InChI=1S/C13H12ClNO3S/c1-2-17-12-4-9(5-16)3-11(14)13(12)18-6-10-7-19-8-15-10/h3-5,7-8H,2,6H2,1H3. The second kappa shape index (κ2) is 6.54. The van der Waals surface area contributed by atoms with Gasteiger partial charge in [-0.3, -0.25) is 4.79 Å². The van der Waals surface area contributed by atoms with Crippen LogP contribution in [-0.2, 0) is 6.61 Å². The lowest BCUT2D eigenvalue weighted by Crippen LogP contribution is -2.01. The van der Waals surface area contributed by atoms with Crippen molar-refractivity contribution < 1.29 is 14.3 Å². The second-order valence-electron chi connectivity index (χ2n) is 3.65. The van der Waals surface area contributed by atoms with Gasteiger partial charge in [0, 0.05) is 10.9 Å². The molecule has 100 valence electrons. The summed E-state index contributed by atoms with van der Waals surface area (Å²) in [6.45, 7) is 2.63. The van der Waals surface area contributed by atoms with Crippen molar-refractivity contribution in [1.82, 2.24) is 4.98 Å². The maximum atomic E-state index is 10.8. The molecule has 0 saturated heterocycles. The topological polar surface area (TPSA) is 48.4 Å². The van der Waals surface area contributed by atoms with Gasteiger partial charge < -0.3 is 9.47 Å². The van der Waals surface area contributed by atoms with Gasteiger partial charge in [-0.15, -0.1) is 11.3 Å². The molecule has 0 aliphatic rings. The zero-order chi connectivity index (χ0) is 13.7. The van der Waals surface area contributed by atoms with Crippen LogP contribution in [0.1, 0.15) is 23.0 Å². The number of aromatic nitrogens is 1. The van der Waals surface area contributed by atoms with Crippen LogP contribution in [0.5, 0.6) is 11.5 Å². The Labute approximate surface area is 120 Å². The predicted octanol–water partition coefficient (Wildman–Crippen LogP) is 3.59. The minimum atomic E-state index is 0.309. The van der Waals surface area contributed by atoms with Crippen LogP contribution in [0.4, 0.5) is 0 Å². The molecule has 1 heterocycles. The van der Waals surface area contributed by atoms with E-state index in [1.807, 2.05) is 12.3 Å². The number of ether oxygens (including phenoxy) is 2. The Kier molecular flexibility index (Phi) is 4.76. The lowest BCUT2D eigenvalue weighted by molar-refractivity contribution is 0.112. The summed E-state index contributed by atoms with van der Waals surface area (Å²) < 4.78 is 11.1. The smallest absolute Gasteiger partial charge is 0.180 e. The summed E-state index contributed by atoms with van der Waals surface area (Å²) in [7, 11) is 0. The first-order chi connectivity index (χ1) is 9.24. The first kappa shape index (κ1) is 13.8. The van der Waals surface area contributed by atoms with Crippen molar-refractivity contribution in [3.63, 3.8) is 0 Å². The quantitative estimate of drug-likeness (QED) is 0.765. The van der Waals surface area contributed by atoms with Crippen molar-refractivity contribution in [1.29, 1.82) is 0 Å². The normalized spacial score (nSPS) is 10.2. The zero-order valence-electron chi connectivity index (χ0n) is 10.3. The first-order valence-electron chi connectivity index (χ1n) is 5.66. The number of carbonyl (C=O) groups is 1. The highest BCUT2D eigenvalue weighted by atomic mass is 35.5. The van der Waals surface area contributed by atoms with Crippen LogP contribution in [0.15, 0.2) is 23.0 Å². The Morgan fingerprint density at radius 2 is 2.26 bits per heavy atom. The Bertz CT molecular complexity index is 557. The number of hydrogen-bond acceptors (Lipinski definition) is 5. The SMILES string of the molecule is CCOc1cc(C=O)cc(Cl)c1OCc1cscn1. The van der Waals surface area contributed by atoms with Crippen LogP contribution >= 0.6 is 22.9 Å². The summed E-state index contributed by atoms with van der Waals surface area (Å²) >= 11 is 7.61. The maximum absolute atomic E-state index is 10.8. The van der Waals surface area contributed by atoms with E-state index in [0.29, 0.717) is 35.3 Å². The molecular weight excluding hydrogens is 286 g/mol. The predicted molar refractivity (Wildman–Crippen MR) is 74.5 cm³/mol. The molecule has 0 N–H and O–H groups in total. The van der Waals surface area contributed by atoms with E-state index >= 15 is 0 Å². The van der Waals surface area contributed by atoms with Gasteiger partial charge >= 0.3 is 0 Å². The van der Waals surface area contributed by atoms with Gasteiger partial charge in [0.1, 0.15) is 12.9 Å². The number of aldehydes is 1. The number of rotatable bonds is 6. The van der Waals surface area contributed by atoms with Crippen LogP contribution in [0, 0.1) is 0 Å². The zero-order valence-corrected chi connectivity index (χ0v) is 11.8. The van der Waals surface area contributed by atoms with E-state index in [2.05, 4.69) is 4.98 Å². The summed E-state index contributed by atoms with van der Waals surface area (Å²) in [5.74, 6) is 0.898. The molecule has 4 nitrogen and oxygen atoms in total. The van der Waals surface area contributed by atoms with E-state index in [1.165, 1.54) is 11.3 Å². The molecule has 2 rings (SSSR count). The minimum Gasteiger partial charge on any atom is -0.490 e. The monoisotopic (exact) mass is 297 g/mol. The van der Waals surface area contributed by atoms with E-state index in [-0.39, 0.29) is 0 Å². The summed E-state index contributed by atoms with van der Waals surface area (Å²) in [4.78, 5) is 14.9. The molecule has 0 bridgehead atoms. The number of thiazole rings is 1. The lowest BCUT2D eigenvalue weighted by atomic mass is 10.2. The third-order valence-corrected chi connectivity index (χ3v) is 3.23. The number of nitrogens with zero attached hydrogens (tertiary/aromatic N) is 1. The molecule has 0 atom stereocenters. The first-order valence-corrected chi connectivity index (χ1v) is 6.98. The lowest BCUT2D eigenvalue weighted by Gasteiger charge is -2.13. The van der Waals surface area contributed by atoms with Gasteiger partial charge in [-0.2, -0.15) is 0 Å². The van der Waals surface area contributed by atoms with E-state index in [9.17, 15) is 4.79 Å². The molecular formula is C13H12ClNO3S. The van der Waals surface area contributed by atoms with Gasteiger partial charge in [0.05, 0.1) is 22.8 Å². The van der Waals surface area contributed by atoms with E-state index in [0.717, 1.165) is 12.0 Å². The van der Waals surface area contributed by atoms with Crippen molar-refractivity contribution in [2.24, 2.45) is 0 Å². The molecule has 0 unspecified atom stereocenters. The molecule has 19 heavy (non-hydrogen) atoms. The average molecular weight is 298 g/mol. The highest BCUT2D eigenvalue weighted by Crippen LogP contribution is 2.36. The summed E-state index contributed by atoms with van der Waals surface area (Å²) in [6.07, 6.45) is 0.721. The van der Waals surface area contributed by atoms with Gasteiger partial charge in [0.15, 0.2) is 11.5 Å². The molecule has 0 saturated carbocycles. The van der Waals surface area contributed by atoms with Gasteiger partial charge in [0.25, 0.3) is 0 Å². The molecule has 6 heteroatoms. The molecule has 1 aromatic carbocycles. The summed E-state index contributed by atoms with van der Waals surface area (Å²) in [5.41, 5.74) is 3.01. The van der Waals surface area contributed by atoms with Crippen LogP contribution in [0.2, 0.25) is 5.02 Å². The van der Waals surface area contributed by atoms with Crippen LogP contribution in [0.25, 0.3) is 0 Å². The van der Waals surface area contributed by atoms with Gasteiger partial charge in [-0.05, 0) is 19.1 Å². The van der Waals surface area contributed by atoms with Crippen molar-refractivity contribution in [2.75, 3.05) is 6.61 Å². The highest BCUT2D eigenvalue weighted by Gasteiger charge is 2.13. The van der Waals surface area contributed by atoms with Crippen molar-refractivity contribution in [3.8, 4) is 11.5 Å². The Morgan fingerprint density at radius 3 is 2.89 bits per heavy atom. The summed E-state index contributed by atoms with van der Waals surface area (Å²) in [5, 5.41) is 2.25. The fraction of sp³-hybridized carbons (Fsp3) is 0.231. The van der Waals surface area contributed by atoms with E-state index in [4.69, 9.17) is 21.1 Å². The molecule has 2 aromatic rings. The van der Waals surface area contributed by atoms with Crippen LogP contribution in [-0.4, -0.2) is 17.9 Å². The fourth-order valence-electron chi connectivity index (χ4n) is 1.51. The summed E-state index contributed by atoms with van der Waals surface area (Å²) in [6, 6.07) is 3.16. The Hall–Kier alpha value is -1.59. The molecule has 0 aliphatic heterocycles. The third kappa shape index (κ3) is 3.45. The second-order valence-corrected chi connectivity index (χ2v) is 4.78. The van der Waals surface area contributed by atoms with E-state index in [1.54, 1.807) is 17.6 Å². The average Bonchev–Trinajstić information content (AvgIpc) is 2.91. The number of benzene rings is 1. The van der Waals surface area contributed by atoms with E-state index < -0.39 is 0 Å². The Balaban J connectivity index is 2.24. The third-order valence-electron chi connectivity index (χ3n) is 2.32. The molecule has 0 radical (unpaired) electrons. The number of hydrogen-bond donors (Lipinski definition) is 0. The molecule has 0 fully saturated rings. The van der Waals surface area contributed by atoms with Crippen LogP contribution < -0.4 is 9.47 Å². The number of carbonyl (C=O) groups excluding carboxylic acids is 1. The minimum absolute atomic E-state index is 0.309.